The maximum atomic E-state index is 12.9. The highest BCUT2D eigenvalue weighted by Crippen LogP contribution is 2.71. The van der Waals surface area contributed by atoms with Crippen molar-refractivity contribution < 1.29 is 13.2 Å². The molecular weight excluding hydrogens is 571 g/mol. The third-order valence-electron chi connectivity index (χ3n) is 10.6. The average Bonchev–Trinajstić information content (AvgIpc) is 3.53. The number of thiophene rings is 1. The fourth-order valence-corrected chi connectivity index (χ4v) is 8.97. The monoisotopic (exact) mass is 607 g/mol. The average molecular weight is 608 g/mol. The molecular formula is C32H36F3N7S. The van der Waals surface area contributed by atoms with E-state index in [9.17, 15) is 18.4 Å². The summed E-state index contributed by atoms with van der Waals surface area (Å²) in [5.41, 5.74) is 11.2. The van der Waals surface area contributed by atoms with Crippen molar-refractivity contribution in [3.05, 3.63) is 52.3 Å². The molecule has 3 aliphatic carbocycles. The lowest BCUT2D eigenvalue weighted by molar-refractivity contribution is -0.207. The summed E-state index contributed by atoms with van der Waals surface area (Å²) in [6, 6.07) is 10.6. The van der Waals surface area contributed by atoms with E-state index in [0.29, 0.717) is 27.4 Å². The van der Waals surface area contributed by atoms with E-state index in [1.165, 1.54) is 17.5 Å². The zero-order chi connectivity index (χ0) is 30.1. The van der Waals surface area contributed by atoms with Gasteiger partial charge in [-0.2, -0.15) is 18.4 Å². The standard InChI is InChI=1S/C32H36F3N7S/c1-19-21(3-4-27-25(19)11-23(14-36)42(27)10-7-30-16-31(37,17-30)20(30)2)15-41-8-5-22(6-9-41)40-28-26-12-24(13-32(33,34)35)43-29(26)39-18-38-28/h3-4,11-12,18,20,22H,5-10,13,15-17,37H2,1-2H3,(H,38,39,40)/t20-,30?,31?/m0/s1. The molecule has 11 heteroatoms. The quantitative estimate of drug-likeness (QED) is 0.237. The number of halogens is 3. The van der Waals surface area contributed by atoms with Crippen LogP contribution in [0.15, 0.2) is 30.6 Å². The van der Waals surface area contributed by atoms with Gasteiger partial charge < -0.3 is 15.6 Å². The van der Waals surface area contributed by atoms with E-state index in [0.717, 1.165) is 86.2 Å². The van der Waals surface area contributed by atoms with Gasteiger partial charge in [0, 0.05) is 53.5 Å². The van der Waals surface area contributed by atoms with E-state index in [2.05, 4.69) is 56.8 Å². The van der Waals surface area contributed by atoms with Crippen molar-refractivity contribution in [2.45, 2.75) is 83.2 Å². The number of hydrogen-bond acceptors (Lipinski definition) is 7. The number of likely N-dealkylation sites (tertiary alicyclic amines) is 1. The van der Waals surface area contributed by atoms with Crippen molar-refractivity contribution in [2.75, 3.05) is 18.4 Å². The highest BCUT2D eigenvalue weighted by molar-refractivity contribution is 7.18. The van der Waals surface area contributed by atoms with Crippen LogP contribution in [-0.2, 0) is 19.5 Å². The topological polar surface area (TPSA) is 95.8 Å². The minimum absolute atomic E-state index is 0.0585. The molecule has 4 fully saturated rings. The number of rotatable bonds is 8. The number of anilines is 1. The molecule has 226 valence electrons. The van der Waals surface area contributed by atoms with Crippen LogP contribution in [0.25, 0.3) is 21.1 Å². The predicted octanol–water partition coefficient (Wildman–Crippen LogP) is 6.52. The minimum Gasteiger partial charge on any atom is -0.367 e. The van der Waals surface area contributed by atoms with Crippen LogP contribution in [0.5, 0.6) is 0 Å². The lowest BCUT2D eigenvalue weighted by atomic mass is 9.33. The number of aromatic nitrogens is 3. The van der Waals surface area contributed by atoms with Crippen molar-refractivity contribution in [3.63, 3.8) is 0 Å². The number of nitrogens with two attached hydrogens (primary N) is 1. The zero-order valence-electron chi connectivity index (χ0n) is 24.5. The van der Waals surface area contributed by atoms with Crippen molar-refractivity contribution >= 4 is 38.3 Å². The lowest BCUT2D eigenvalue weighted by Gasteiger charge is -2.75. The first-order chi connectivity index (χ1) is 20.5. The summed E-state index contributed by atoms with van der Waals surface area (Å²) >= 11 is 1.07. The van der Waals surface area contributed by atoms with Crippen LogP contribution in [0.4, 0.5) is 19.0 Å². The molecule has 3 N–H and O–H groups in total. The third kappa shape index (κ3) is 4.97. The Labute approximate surface area is 252 Å². The van der Waals surface area contributed by atoms with E-state index >= 15 is 0 Å². The third-order valence-corrected chi connectivity index (χ3v) is 11.7. The zero-order valence-corrected chi connectivity index (χ0v) is 25.3. The summed E-state index contributed by atoms with van der Waals surface area (Å²) in [6.07, 6.45) is 1.32. The van der Waals surface area contributed by atoms with Crippen LogP contribution in [-0.4, -0.2) is 50.3 Å². The van der Waals surface area contributed by atoms with Gasteiger partial charge in [0.05, 0.1) is 11.8 Å². The fourth-order valence-electron chi connectivity index (χ4n) is 7.95. The van der Waals surface area contributed by atoms with Gasteiger partial charge in [-0.05, 0) is 79.7 Å². The number of alkyl halides is 3. The van der Waals surface area contributed by atoms with E-state index < -0.39 is 12.6 Å². The van der Waals surface area contributed by atoms with Gasteiger partial charge in [0.2, 0.25) is 0 Å². The Bertz CT molecular complexity index is 1740. The molecule has 8 rings (SSSR count). The second-order valence-corrected chi connectivity index (χ2v) is 14.3. The summed E-state index contributed by atoms with van der Waals surface area (Å²) in [4.78, 5) is 11.8. The van der Waals surface area contributed by atoms with Gasteiger partial charge in [0.15, 0.2) is 0 Å². The largest absolute Gasteiger partial charge is 0.393 e. The van der Waals surface area contributed by atoms with Gasteiger partial charge >= 0.3 is 6.18 Å². The molecule has 0 amide bonds. The molecule has 3 aromatic heterocycles. The van der Waals surface area contributed by atoms with Crippen LogP contribution in [0.3, 0.4) is 0 Å². The molecule has 1 aromatic carbocycles. The Morgan fingerprint density at radius 3 is 2.60 bits per heavy atom. The van der Waals surface area contributed by atoms with Crippen LogP contribution in [0.2, 0.25) is 0 Å². The van der Waals surface area contributed by atoms with Crippen LogP contribution < -0.4 is 11.1 Å². The van der Waals surface area contributed by atoms with Crippen molar-refractivity contribution in [1.82, 2.24) is 19.4 Å². The Morgan fingerprint density at radius 1 is 1.16 bits per heavy atom. The van der Waals surface area contributed by atoms with Crippen LogP contribution >= 0.6 is 11.3 Å². The number of piperidine rings is 1. The summed E-state index contributed by atoms with van der Waals surface area (Å²) in [5, 5.41) is 15.2. The second kappa shape index (κ2) is 10.2. The predicted molar refractivity (Wildman–Crippen MR) is 163 cm³/mol. The fraction of sp³-hybridized carbons (Fsp3) is 0.531. The first-order valence-electron chi connectivity index (χ1n) is 15.1. The summed E-state index contributed by atoms with van der Waals surface area (Å²) in [5.74, 6) is 1.17. The van der Waals surface area contributed by atoms with Crippen LogP contribution in [0, 0.1) is 29.6 Å². The molecule has 1 saturated heterocycles. The number of aryl methyl sites for hydroxylation is 2. The molecule has 4 aromatic rings. The number of nitriles is 1. The molecule has 3 saturated carbocycles. The van der Waals surface area contributed by atoms with E-state index in [1.54, 1.807) is 6.07 Å². The van der Waals surface area contributed by atoms with Gasteiger partial charge in [0.1, 0.15) is 28.7 Å². The van der Waals surface area contributed by atoms with Gasteiger partial charge in [-0.25, -0.2) is 9.97 Å². The highest BCUT2D eigenvalue weighted by atomic mass is 32.1. The summed E-state index contributed by atoms with van der Waals surface area (Å²) in [7, 11) is 0. The van der Waals surface area contributed by atoms with Crippen molar-refractivity contribution in [1.29, 1.82) is 5.26 Å². The normalized spacial score (nSPS) is 25.9. The maximum Gasteiger partial charge on any atom is 0.393 e. The van der Waals surface area contributed by atoms with Gasteiger partial charge in [-0.15, -0.1) is 11.3 Å². The van der Waals surface area contributed by atoms with E-state index in [4.69, 9.17) is 5.73 Å². The second-order valence-electron chi connectivity index (χ2n) is 13.1. The highest BCUT2D eigenvalue weighted by Gasteiger charge is 2.70. The smallest absolute Gasteiger partial charge is 0.367 e. The molecule has 7 nitrogen and oxygen atoms in total. The van der Waals surface area contributed by atoms with Gasteiger partial charge in [0.25, 0.3) is 0 Å². The summed E-state index contributed by atoms with van der Waals surface area (Å²) < 4.78 is 40.9. The molecule has 4 heterocycles. The minimum atomic E-state index is -4.25. The van der Waals surface area contributed by atoms with E-state index in [1.807, 2.05) is 6.07 Å². The molecule has 0 radical (unpaired) electrons. The number of nitrogens with zero attached hydrogens (tertiary/aromatic N) is 5. The maximum absolute atomic E-state index is 12.9. The number of hydrogen-bond donors (Lipinski definition) is 2. The Kier molecular flexibility index (Phi) is 6.76. The molecule has 1 atom stereocenters. The van der Waals surface area contributed by atoms with Crippen LogP contribution in [0.1, 0.15) is 60.7 Å². The number of benzene rings is 1. The molecule has 2 bridgehead atoms. The first-order valence-corrected chi connectivity index (χ1v) is 15.9. The number of nitrogens with one attached hydrogen (secondary N) is 1. The van der Waals surface area contributed by atoms with Crippen molar-refractivity contribution in [2.24, 2.45) is 17.1 Å². The Hall–Kier alpha value is -3.20. The molecule has 0 spiro atoms. The van der Waals surface area contributed by atoms with Gasteiger partial charge in [-0.1, -0.05) is 13.0 Å². The van der Waals surface area contributed by atoms with Gasteiger partial charge in [-0.3, -0.25) is 4.90 Å². The van der Waals surface area contributed by atoms with Crippen molar-refractivity contribution in [3.8, 4) is 6.07 Å². The number of fused-ring (bicyclic) bond motifs is 2. The summed E-state index contributed by atoms with van der Waals surface area (Å²) in [6.45, 7) is 7.92. The Morgan fingerprint density at radius 2 is 1.93 bits per heavy atom. The Balaban J connectivity index is 0.995. The molecule has 0 unspecified atom stereocenters. The first kappa shape index (κ1) is 28.6. The molecule has 43 heavy (non-hydrogen) atoms. The molecule has 1 aliphatic heterocycles. The van der Waals surface area contributed by atoms with E-state index in [-0.39, 0.29) is 16.5 Å². The lowest BCUT2D eigenvalue weighted by Crippen LogP contribution is -2.78. The SMILES string of the molecule is Cc1c(CN2CCC(Nc3ncnc4sc(CC(F)(F)F)cc34)CC2)ccc2c1cc(C#N)n2CCC12CC(N)(C1)[C@H]2C. The molecule has 4 aliphatic rings.